The van der Waals surface area contributed by atoms with Gasteiger partial charge < -0.3 is 5.11 Å². The molecule has 0 fully saturated rings. The molecule has 0 aromatic carbocycles. The predicted octanol–water partition coefficient (Wildman–Crippen LogP) is 2.38. The highest BCUT2D eigenvalue weighted by Crippen LogP contribution is 2.26. The van der Waals surface area contributed by atoms with E-state index in [0.717, 1.165) is 11.1 Å². The second-order valence-electron chi connectivity index (χ2n) is 3.41. The minimum atomic E-state index is -0.835. The van der Waals surface area contributed by atoms with Crippen molar-refractivity contribution in [3.63, 3.8) is 0 Å². The highest BCUT2D eigenvalue weighted by Gasteiger charge is 2.19. The number of aliphatic hydroxyl groups is 1. The van der Waals surface area contributed by atoms with Crippen molar-refractivity contribution < 1.29 is 5.11 Å². The lowest BCUT2D eigenvalue weighted by Gasteiger charge is -2.18. The minimum absolute atomic E-state index is 0.709. The van der Waals surface area contributed by atoms with E-state index in [0.29, 0.717) is 4.60 Å². The zero-order valence-corrected chi connectivity index (χ0v) is 9.01. The summed E-state index contributed by atoms with van der Waals surface area (Å²) in [7, 11) is 0. The summed E-state index contributed by atoms with van der Waals surface area (Å²) in [5, 5.41) is 9.72. The summed E-state index contributed by atoms with van der Waals surface area (Å²) in [6, 6.07) is 1.93. The van der Waals surface area contributed by atoms with E-state index >= 15 is 0 Å². The van der Waals surface area contributed by atoms with Crippen LogP contribution in [0.3, 0.4) is 0 Å². The normalized spacial score (nSPS) is 11.8. The van der Waals surface area contributed by atoms with E-state index in [1.807, 2.05) is 13.0 Å². The third-order valence-electron chi connectivity index (χ3n) is 1.63. The first kappa shape index (κ1) is 9.68. The molecule has 0 aliphatic carbocycles. The van der Waals surface area contributed by atoms with Gasteiger partial charge in [-0.25, -0.2) is 4.98 Å². The number of aromatic nitrogens is 1. The number of aryl methyl sites for hydroxylation is 1. The van der Waals surface area contributed by atoms with Crippen molar-refractivity contribution in [2.75, 3.05) is 0 Å². The Balaban J connectivity index is 3.23. The van der Waals surface area contributed by atoms with Crippen molar-refractivity contribution in [3.8, 4) is 0 Å². The van der Waals surface area contributed by atoms with E-state index < -0.39 is 5.60 Å². The van der Waals surface area contributed by atoms with Gasteiger partial charge in [0, 0.05) is 11.8 Å². The second kappa shape index (κ2) is 3.15. The molecular weight excluding hydrogens is 218 g/mol. The summed E-state index contributed by atoms with van der Waals surface area (Å²) < 4.78 is 0.709. The summed E-state index contributed by atoms with van der Waals surface area (Å²) in [5.74, 6) is 0. The van der Waals surface area contributed by atoms with Gasteiger partial charge >= 0.3 is 0 Å². The van der Waals surface area contributed by atoms with Gasteiger partial charge in [-0.05, 0) is 48.3 Å². The Labute approximate surface area is 80.8 Å². The monoisotopic (exact) mass is 229 g/mol. The number of pyridine rings is 1. The lowest BCUT2D eigenvalue weighted by atomic mass is 9.99. The topological polar surface area (TPSA) is 33.1 Å². The fourth-order valence-corrected chi connectivity index (χ4v) is 1.68. The van der Waals surface area contributed by atoms with E-state index in [1.165, 1.54) is 0 Å². The maximum atomic E-state index is 9.72. The summed E-state index contributed by atoms with van der Waals surface area (Å²) in [4.78, 5) is 4.10. The van der Waals surface area contributed by atoms with Crippen molar-refractivity contribution in [1.29, 1.82) is 0 Å². The largest absolute Gasteiger partial charge is 0.386 e. The zero-order valence-electron chi connectivity index (χ0n) is 7.43. The first-order chi connectivity index (χ1) is 5.41. The summed E-state index contributed by atoms with van der Waals surface area (Å²) in [6.45, 7) is 5.44. The van der Waals surface area contributed by atoms with Gasteiger partial charge in [-0.1, -0.05) is 0 Å². The molecule has 0 atom stereocenters. The van der Waals surface area contributed by atoms with Crippen LogP contribution in [0.25, 0.3) is 0 Å². The first-order valence-electron chi connectivity index (χ1n) is 3.76. The molecule has 1 rings (SSSR count). The Kier molecular flexibility index (Phi) is 2.54. The van der Waals surface area contributed by atoms with Gasteiger partial charge in [0.1, 0.15) is 4.60 Å². The predicted molar refractivity (Wildman–Crippen MR) is 51.9 cm³/mol. The Bertz CT molecular complexity index is 291. The third-order valence-corrected chi connectivity index (χ3v) is 2.27. The summed E-state index contributed by atoms with van der Waals surface area (Å²) in [5.41, 5.74) is 1.04. The van der Waals surface area contributed by atoms with E-state index in [-0.39, 0.29) is 0 Å². The molecule has 3 heteroatoms. The molecule has 1 aromatic heterocycles. The van der Waals surface area contributed by atoms with E-state index in [2.05, 4.69) is 20.9 Å². The highest BCUT2D eigenvalue weighted by molar-refractivity contribution is 9.10. The van der Waals surface area contributed by atoms with Crippen molar-refractivity contribution in [2.24, 2.45) is 0 Å². The number of halogens is 1. The van der Waals surface area contributed by atoms with Crippen LogP contribution in [0.4, 0.5) is 0 Å². The quantitative estimate of drug-likeness (QED) is 0.751. The minimum Gasteiger partial charge on any atom is -0.386 e. The van der Waals surface area contributed by atoms with Gasteiger partial charge in [-0.15, -0.1) is 0 Å². The molecule has 66 valence electrons. The Hall–Kier alpha value is -0.410. The average molecular weight is 230 g/mol. The third kappa shape index (κ3) is 2.05. The number of rotatable bonds is 1. The number of hydrogen-bond acceptors (Lipinski definition) is 2. The molecule has 1 heterocycles. The van der Waals surface area contributed by atoms with Gasteiger partial charge in [0.15, 0.2) is 0 Å². The van der Waals surface area contributed by atoms with Crippen molar-refractivity contribution in [2.45, 2.75) is 26.4 Å². The summed E-state index contributed by atoms with van der Waals surface area (Å²) >= 11 is 3.30. The number of nitrogens with zero attached hydrogens (tertiary/aromatic N) is 1. The molecule has 12 heavy (non-hydrogen) atoms. The van der Waals surface area contributed by atoms with Crippen LogP contribution in [0.5, 0.6) is 0 Å². The van der Waals surface area contributed by atoms with Gasteiger partial charge in [0.05, 0.1) is 5.60 Å². The molecule has 0 aliphatic rings. The van der Waals surface area contributed by atoms with Crippen LogP contribution in [-0.4, -0.2) is 10.1 Å². The molecule has 0 saturated carbocycles. The molecule has 0 unspecified atom stereocenters. The highest BCUT2D eigenvalue weighted by atomic mass is 79.9. The molecule has 0 spiro atoms. The van der Waals surface area contributed by atoms with Crippen LogP contribution in [0.15, 0.2) is 16.9 Å². The number of hydrogen-bond donors (Lipinski definition) is 1. The molecule has 2 nitrogen and oxygen atoms in total. The van der Waals surface area contributed by atoms with Crippen molar-refractivity contribution in [1.82, 2.24) is 4.98 Å². The van der Waals surface area contributed by atoms with Crippen LogP contribution < -0.4 is 0 Å². The molecule has 0 amide bonds. The van der Waals surface area contributed by atoms with E-state index in [4.69, 9.17) is 0 Å². The fraction of sp³-hybridized carbons (Fsp3) is 0.444. The van der Waals surface area contributed by atoms with Gasteiger partial charge in [0.25, 0.3) is 0 Å². The van der Waals surface area contributed by atoms with Crippen LogP contribution >= 0.6 is 15.9 Å². The molecular formula is C9H12BrNO. The van der Waals surface area contributed by atoms with Crippen molar-refractivity contribution in [3.05, 3.63) is 28.0 Å². The smallest absolute Gasteiger partial charge is 0.112 e. The molecule has 0 aliphatic heterocycles. The van der Waals surface area contributed by atoms with Gasteiger partial charge in [0.2, 0.25) is 0 Å². The zero-order chi connectivity index (χ0) is 9.35. The molecule has 0 saturated heterocycles. The van der Waals surface area contributed by atoms with Crippen LogP contribution in [0.1, 0.15) is 25.0 Å². The maximum Gasteiger partial charge on any atom is 0.112 e. The Morgan fingerprint density at radius 1 is 1.50 bits per heavy atom. The van der Waals surface area contributed by atoms with Gasteiger partial charge in [-0.2, -0.15) is 0 Å². The SMILES string of the molecule is Cc1cnc(Br)c(C(C)(C)O)c1. The van der Waals surface area contributed by atoms with Crippen molar-refractivity contribution >= 4 is 15.9 Å². The lowest BCUT2D eigenvalue weighted by Crippen LogP contribution is -2.16. The Morgan fingerprint density at radius 3 is 2.50 bits per heavy atom. The van der Waals surface area contributed by atoms with Crippen LogP contribution in [0.2, 0.25) is 0 Å². The van der Waals surface area contributed by atoms with Gasteiger partial charge in [-0.3, -0.25) is 0 Å². The standard InChI is InChI=1S/C9H12BrNO/c1-6-4-7(9(2,3)12)8(10)11-5-6/h4-5,12H,1-3H3. The van der Waals surface area contributed by atoms with Crippen LogP contribution in [-0.2, 0) is 5.60 Å². The fourth-order valence-electron chi connectivity index (χ4n) is 0.982. The maximum absolute atomic E-state index is 9.72. The molecule has 1 aromatic rings. The first-order valence-corrected chi connectivity index (χ1v) is 4.55. The van der Waals surface area contributed by atoms with Crippen LogP contribution in [0, 0.1) is 6.92 Å². The lowest BCUT2D eigenvalue weighted by molar-refractivity contribution is 0.0773. The van der Waals surface area contributed by atoms with E-state index in [1.54, 1.807) is 20.0 Å². The molecule has 1 N–H and O–H groups in total. The average Bonchev–Trinajstić information content (AvgIpc) is 1.92. The molecule has 0 bridgehead atoms. The summed E-state index contributed by atoms with van der Waals surface area (Å²) in [6.07, 6.45) is 1.76. The van der Waals surface area contributed by atoms with E-state index in [9.17, 15) is 5.11 Å². The molecule has 0 radical (unpaired) electrons. The second-order valence-corrected chi connectivity index (χ2v) is 4.16. The Morgan fingerprint density at radius 2 is 2.08 bits per heavy atom.